The summed E-state index contributed by atoms with van der Waals surface area (Å²) >= 11 is 0. The molecule has 2 aromatic rings. The maximum absolute atomic E-state index is 13.1. The standard InChI is InChI=1S/C20H24FNO2/c1-20(2,3)16-7-9-18(10-8-16)24-12-11-22-19(23)14-15-5-4-6-17(21)13-15/h4-10,13H,11-12,14H2,1-3H3,(H,22,23). The van der Waals surface area contributed by atoms with E-state index in [0.717, 1.165) is 5.75 Å². The molecular weight excluding hydrogens is 305 g/mol. The Morgan fingerprint density at radius 2 is 1.83 bits per heavy atom. The van der Waals surface area contributed by atoms with Crippen LogP contribution in [0.4, 0.5) is 4.39 Å². The van der Waals surface area contributed by atoms with E-state index in [4.69, 9.17) is 4.74 Å². The second kappa shape index (κ2) is 7.95. The molecular formula is C20H24FNO2. The smallest absolute Gasteiger partial charge is 0.224 e. The fraction of sp³-hybridized carbons (Fsp3) is 0.350. The van der Waals surface area contributed by atoms with Gasteiger partial charge in [-0.25, -0.2) is 4.39 Å². The lowest BCUT2D eigenvalue weighted by Gasteiger charge is -2.19. The zero-order chi connectivity index (χ0) is 17.6. The predicted molar refractivity (Wildman–Crippen MR) is 93.8 cm³/mol. The van der Waals surface area contributed by atoms with Crippen molar-refractivity contribution in [2.45, 2.75) is 32.6 Å². The van der Waals surface area contributed by atoms with Crippen molar-refractivity contribution in [2.24, 2.45) is 0 Å². The number of benzene rings is 2. The summed E-state index contributed by atoms with van der Waals surface area (Å²) in [7, 11) is 0. The first-order valence-corrected chi connectivity index (χ1v) is 8.09. The monoisotopic (exact) mass is 329 g/mol. The zero-order valence-corrected chi connectivity index (χ0v) is 14.4. The summed E-state index contributed by atoms with van der Waals surface area (Å²) in [5, 5.41) is 2.77. The molecule has 4 heteroatoms. The summed E-state index contributed by atoms with van der Waals surface area (Å²) in [6.45, 7) is 7.30. The number of rotatable bonds is 6. The topological polar surface area (TPSA) is 38.3 Å². The summed E-state index contributed by atoms with van der Waals surface area (Å²) in [5.74, 6) is 0.303. The summed E-state index contributed by atoms with van der Waals surface area (Å²) < 4.78 is 18.7. The van der Waals surface area contributed by atoms with Gasteiger partial charge < -0.3 is 10.1 Å². The number of nitrogens with one attached hydrogen (secondary N) is 1. The van der Waals surface area contributed by atoms with Gasteiger partial charge in [-0.1, -0.05) is 45.0 Å². The molecule has 128 valence electrons. The number of carbonyl (C=O) groups excluding carboxylic acids is 1. The van der Waals surface area contributed by atoms with Crippen molar-refractivity contribution in [2.75, 3.05) is 13.2 Å². The fourth-order valence-electron chi connectivity index (χ4n) is 2.31. The molecule has 0 spiro atoms. The molecule has 0 saturated carbocycles. The zero-order valence-electron chi connectivity index (χ0n) is 14.4. The summed E-state index contributed by atoms with van der Waals surface area (Å²) in [6, 6.07) is 14.0. The fourth-order valence-corrected chi connectivity index (χ4v) is 2.31. The van der Waals surface area contributed by atoms with E-state index in [2.05, 4.69) is 38.2 Å². The van der Waals surface area contributed by atoms with Gasteiger partial charge in [0.2, 0.25) is 5.91 Å². The van der Waals surface area contributed by atoms with Crippen LogP contribution in [0.5, 0.6) is 5.75 Å². The first-order chi connectivity index (χ1) is 11.3. The van der Waals surface area contributed by atoms with Gasteiger partial charge in [0.1, 0.15) is 18.2 Å². The highest BCUT2D eigenvalue weighted by Crippen LogP contribution is 2.24. The maximum atomic E-state index is 13.1. The molecule has 2 aromatic carbocycles. The molecule has 0 radical (unpaired) electrons. The van der Waals surface area contributed by atoms with Crippen LogP contribution in [0.1, 0.15) is 31.9 Å². The molecule has 0 aliphatic carbocycles. The van der Waals surface area contributed by atoms with Gasteiger partial charge in [-0.2, -0.15) is 0 Å². The van der Waals surface area contributed by atoms with Crippen molar-refractivity contribution in [3.8, 4) is 5.75 Å². The average Bonchev–Trinajstić information content (AvgIpc) is 2.51. The first-order valence-electron chi connectivity index (χ1n) is 8.09. The third kappa shape index (κ3) is 5.69. The SMILES string of the molecule is CC(C)(C)c1ccc(OCCNC(=O)Cc2cccc(F)c2)cc1. The molecule has 2 rings (SSSR count). The number of halogens is 1. The van der Waals surface area contributed by atoms with Crippen LogP contribution < -0.4 is 10.1 Å². The molecule has 24 heavy (non-hydrogen) atoms. The lowest BCUT2D eigenvalue weighted by atomic mass is 9.87. The molecule has 1 amide bonds. The molecule has 0 aliphatic rings. The van der Waals surface area contributed by atoms with Gasteiger partial charge in [-0.15, -0.1) is 0 Å². The van der Waals surface area contributed by atoms with E-state index in [1.165, 1.54) is 17.7 Å². The molecule has 0 unspecified atom stereocenters. The van der Waals surface area contributed by atoms with Crippen molar-refractivity contribution in [1.82, 2.24) is 5.32 Å². The van der Waals surface area contributed by atoms with Gasteiger partial charge in [0.05, 0.1) is 13.0 Å². The van der Waals surface area contributed by atoms with Gasteiger partial charge in [-0.3, -0.25) is 4.79 Å². The van der Waals surface area contributed by atoms with Crippen LogP contribution in [0, 0.1) is 5.82 Å². The minimum absolute atomic E-state index is 0.115. The Bertz CT molecular complexity index is 675. The summed E-state index contributed by atoms with van der Waals surface area (Å²) in [6.07, 6.45) is 0.165. The van der Waals surface area contributed by atoms with Crippen molar-refractivity contribution >= 4 is 5.91 Å². The second-order valence-electron chi connectivity index (χ2n) is 6.78. The van der Waals surface area contributed by atoms with Crippen LogP contribution in [-0.2, 0) is 16.6 Å². The van der Waals surface area contributed by atoms with E-state index in [1.54, 1.807) is 12.1 Å². The molecule has 1 N–H and O–H groups in total. The average molecular weight is 329 g/mol. The molecule has 0 bridgehead atoms. The highest BCUT2D eigenvalue weighted by atomic mass is 19.1. The van der Waals surface area contributed by atoms with Crippen molar-refractivity contribution in [3.05, 3.63) is 65.5 Å². The molecule has 0 heterocycles. The van der Waals surface area contributed by atoms with E-state index in [0.29, 0.717) is 18.7 Å². The number of hydrogen-bond donors (Lipinski definition) is 1. The Morgan fingerprint density at radius 3 is 2.46 bits per heavy atom. The maximum Gasteiger partial charge on any atom is 0.224 e. The Morgan fingerprint density at radius 1 is 1.12 bits per heavy atom. The highest BCUT2D eigenvalue weighted by molar-refractivity contribution is 5.78. The lowest BCUT2D eigenvalue weighted by Crippen LogP contribution is -2.29. The highest BCUT2D eigenvalue weighted by Gasteiger charge is 2.12. The molecule has 0 saturated heterocycles. The predicted octanol–water partition coefficient (Wildman–Crippen LogP) is 3.86. The molecule has 0 aliphatic heterocycles. The minimum atomic E-state index is -0.331. The van der Waals surface area contributed by atoms with Gasteiger partial charge in [-0.05, 0) is 40.8 Å². The molecule has 0 fully saturated rings. The van der Waals surface area contributed by atoms with Gasteiger partial charge in [0.25, 0.3) is 0 Å². The minimum Gasteiger partial charge on any atom is -0.492 e. The van der Waals surface area contributed by atoms with E-state index < -0.39 is 0 Å². The van der Waals surface area contributed by atoms with Crippen molar-refractivity contribution < 1.29 is 13.9 Å². The first kappa shape index (κ1) is 18.0. The van der Waals surface area contributed by atoms with Crippen LogP contribution in [0.3, 0.4) is 0 Å². The van der Waals surface area contributed by atoms with Crippen molar-refractivity contribution in [1.29, 1.82) is 0 Å². The van der Waals surface area contributed by atoms with E-state index >= 15 is 0 Å². The largest absolute Gasteiger partial charge is 0.492 e. The van der Waals surface area contributed by atoms with E-state index in [9.17, 15) is 9.18 Å². The quantitative estimate of drug-likeness (QED) is 0.817. The molecule has 3 nitrogen and oxygen atoms in total. The summed E-state index contributed by atoms with van der Waals surface area (Å²) in [5.41, 5.74) is 2.02. The summed E-state index contributed by atoms with van der Waals surface area (Å²) in [4.78, 5) is 11.8. The van der Waals surface area contributed by atoms with E-state index in [-0.39, 0.29) is 23.6 Å². The Labute approximate surface area is 142 Å². The van der Waals surface area contributed by atoms with Crippen LogP contribution in [-0.4, -0.2) is 19.1 Å². The van der Waals surface area contributed by atoms with E-state index in [1.807, 2.05) is 12.1 Å². The lowest BCUT2D eigenvalue weighted by molar-refractivity contribution is -0.120. The number of carbonyl (C=O) groups is 1. The number of hydrogen-bond acceptors (Lipinski definition) is 2. The Kier molecular flexibility index (Phi) is 5.96. The van der Waals surface area contributed by atoms with Crippen LogP contribution in [0.25, 0.3) is 0 Å². The van der Waals surface area contributed by atoms with Gasteiger partial charge in [0.15, 0.2) is 0 Å². The molecule has 0 aromatic heterocycles. The number of ether oxygens (including phenoxy) is 1. The second-order valence-corrected chi connectivity index (χ2v) is 6.78. The van der Waals surface area contributed by atoms with Crippen LogP contribution >= 0.6 is 0 Å². The normalized spacial score (nSPS) is 11.2. The third-order valence-electron chi connectivity index (χ3n) is 3.67. The van der Waals surface area contributed by atoms with Crippen LogP contribution in [0.2, 0.25) is 0 Å². The van der Waals surface area contributed by atoms with Gasteiger partial charge >= 0.3 is 0 Å². The van der Waals surface area contributed by atoms with Crippen LogP contribution in [0.15, 0.2) is 48.5 Å². The van der Waals surface area contributed by atoms with Gasteiger partial charge in [0, 0.05) is 0 Å². The van der Waals surface area contributed by atoms with Crippen molar-refractivity contribution in [3.63, 3.8) is 0 Å². The Balaban J connectivity index is 1.71. The third-order valence-corrected chi connectivity index (χ3v) is 3.67. The number of amides is 1. The Hall–Kier alpha value is -2.36. The molecule has 0 atom stereocenters.